The SMILES string of the molecule is c1ccc2c(c1)[Se]c1ccccc1N2c1ccc(-c2c3c(c(-c4ccc(N5c6ccccc6[Se]c6ccccc65)[se]4)c4nsnc24)N=S=N3)[se]1. The number of fused-ring (bicyclic) bond motifs is 6. The first-order valence-corrected chi connectivity index (χ1v) is 24.0. The van der Waals surface area contributed by atoms with Crippen molar-refractivity contribution in [2.75, 3.05) is 9.80 Å². The van der Waals surface area contributed by atoms with E-state index in [2.05, 4.69) is 131 Å². The Morgan fingerprint density at radius 3 is 1.22 bits per heavy atom. The first-order chi connectivity index (χ1) is 24.8. The molecule has 12 heteroatoms. The molecule has 0 bridgehead atoms. The van der Waals surface area contributed by atoms with Gasteiger partial charge in [0.1, 0.15) is 0 Å². The Kier molecular flexibility index (Phi) is 7.20. The maximum absolute atomic E-state index is 4.96. The van der Waals surface area contributed by atoms with Crippen LogP contribution in [0.25, 0.3) is 31.0 Å². The predicted octanol–water partition coefficient (Wildman–Crippen LogP) is 6.74. The first kappa shape index (κ1) is 30.0. The molecule has 5 aromatic carbocycles. The molecule has 0 saturated carbocycles. The molecule has 6 heterocycles. The van der Waals surface area contributed by atoms with Crippen LogP contribution in [0.2, 0.25) is 0 Å². The molecule has 0 amide bonds. The molecule has 11 rings (SSSR count). The van der Waals surface area contributed by atoms with Crippen LogP contribution in [0.1, 0.15) is 0 Å². The van der Waals surface area contributed by atoms with Gasteiger partial charge in [0, 0.05) is 0 Å². The maximum atomic E-state index is 4.96. The van der Waals surface area contributed by atoms with Crippen LogP contribution in [-0.4, -0.2) is 67.7 Å². The standard InChI is InChI=1S/C38H20N6S2Se4/c1-5-13-25-21(9-1)43(22-10-2-6-14-26(22)47-25)31-19-17-29(49-31)33-35-37(41-45-39-35)34(38-36(33)40-46-42-38)30-18-20-32(50-30)44-23-11-3-7-15-27(23)48-28-16-8-4-12-24(28)44/h1-20H. The summed E-state index contributed by atoms with van der Waals surface area (Å²) in [4.78, 5) is 4.97. The molecule has 0 saturated heterocycles. The number of para-hydroxylation sites is 4. The van der Waals surface area contributed by atoms with Crippen molar-refractivity contribution in [2.45, 2.75) is 0 Å². The fourth-order valence-corrected chi connectivity index (χ4v) is 16.9. The number of hydrogen-bond acceptors (Lipinski definition) is 7. The summed E-state index contributed by atoms with van der Waals surface area (Å²) >= 11 is 3.20. The topological polar surface area (TPSA) is 57.0 Å². The summed E-state index contributed by atoms with van der Waals surface area (Å²) in [6.07, 6.45) is 0. The molecule has 0 radical (unpaired) electrons. The van der Waals surface area contributed by atoms with Crippen LogP contribution in [0, 0.1) is 0 Å². The number of nitrogens with zero attached hydrogens (tertiary/aromatic N) is 6. The Labute approximate surface area is 319 Å². The third-order valence-electron chi connectivity index (χ3n) is 8.91. The van der Waals surface area contributed by atoms with E-state index in [1.807, 2.05) is 0 Å². The molecule has 0 aliphatic carbocycles. The van der Waals surface area contributed by atoms with Crippen LogP contribution < -0.4 is 27.6 Å². The number of anilines is 6. The van der Waals surface area contributed by atoms with Crippen molar-refractivity contribution in [3.63, 3.8) is 0 Å². The van der Waals surface area contributed by atoms with E-state index in [4.69, 9.17) is 17.5 Å². The second kappa shape index (κ2) is 12.0. The third-order valence-corrected chi connectivity index (χ3v) is 19.3. The van der Waals surface area contributed by atoms with E-state index in [0.29, 0.717) is 0 Å². The van der Waals surface area contributed by atoms with Crippen molar-refractivity contribution in [3.8, 4) is 20.0 Å². The van der Waals surface area contributed by atoms with Gasteiger partial charge in [-0.3, -0.25) is 0 Å². The summed E-state index contributed by atoms with van der Waals surface area (Å²) in [5, 5.41) is 0. The molecule has 3 aromatic heterocycles. The van der Waals surface area contributed by atoms with Crippen molar-refractivity contribution in [3.05, 3.63) is 121 Å². The Morgan fingerprint density at radius 1 is 0.440 bits per heavy atom. The number of benzene rings is 5. The van der Waals surface area contributed by atoms with Crippen LogP contribution in [-0.2, 0) is 11.4 Å². The van der Waals surface area contributed by atoms with Crippen molar-refractivity contribution < 1.29 is 0 Å². The molecule has 0 atom stereocenters. The average Bonchev–Trinajstić information content (AvgIpc) is 4.00. The predicted molar refractivity (Wildman–Crippen MR) is 213 cm³/mol. The van der Waals surface area contributed by atoms with Crippen molar-refractivity contribution in [1.82, 2.24) is 8.75 Å². The fraction of sp³-hybridized carbons (Fsp3) is 0. The van der Waals surface area contributed by atoms with Gasteiger partial charge in [-0.1, -0.05) is 0 Å². The van der Waals surface area contributed by atoms with Crippen LogP contribution in [0.15, 0.2) is 130 Å². The molecule has 238 valence electrons. The second-order valence-corrected chi connectivity index (χ2v) is 21.8. The first-order valence-electron chi connectivity index (χ1n) is 15.7. The van der Waals surface area contributed by atoms with Gasteiger partial charge in [0.15, 0.2) is 0 Å². The Hall–Kier alpha value is -3.62. The van der Waals surface area contributed by atoms with Gasteiger partial charge in [-0.05, 0) is 0 Å². The summed E-state index contributed by atoms with van der Waals surface area (Å²) in [5.41, 5.74) is 11.1. The zero-order valence-corrected chi connectivity index (χ0v) is 34.2. The van der Waals surface area contributed by atoms with Gasteiger partial charge < -0.3 is 0 Å². The average molecular weight is 941 g/mol. The van der Waals surface area contributed by atoms with E-state index in [1.54, 1.807) is 0 Å². The van der Waals surface area contributed by atoms with Crippen molar-refractivity contribution in [1.29, 1.82) is 0 Å². The molecule has 8 aromatic rings. The number of hydrogen-bond donors (Lipinski definition) is 0. The zero-order chi connectivity index (χ0) is 32.8. The van der Waals surface area contributed by atoms with Gasteiger partial charge in [-0.2, -0.15) is 0 Å². The van der Waals surface area contributed by atoms with Gasteiger partial charge in [-0.15, -0.1) is 0 Å². The Bertz CT molecular complexity index is 2490. The molecule has 3 aliphatic rings. The van der Waals surface area contributed by atoms with Crippen LogP contribution in [0.4, 0.5) is 43.2 Å². The summed E-state index contributed by atoms with van der Waals surface area (Å²) in [6, 6.07) is 44.7. The Balaban J connectivity index is 1.04. The van der Waals surface area contributed by atoms with Crippen LogP contribution in [0.3, 0.4) is 0 Å². The van der Waals surface area contributed by atoms with E-state index in [1.165, 1.54) is 81.7 Å². The van der Waals surface area contributed by atoms with E-state index in [0.717, 1.165) is 33.5 Å². The molecule has 50 heavy (non-hydrogen) atoms. The van der Waals surface area contributed by atoms with E-state index in [9.17, 15) is 0 Å². The molecule has 3 aliphatic heterocycles. The fourth-order valence-electron chi connectivity index (χ4n) is 6.77. The van der Waals surface area contributed by atoms with Crippen molar-refractivity contribution >= 4 is 154 Å². The zero-order valence-electron chi connectivity index (χ0n) is 25.7. The number of aromatic nitrogens is 2. The summed E-state index contributed by atoms with van der Waals surface area (Å²) in [7, 11) is 0. The quantitative estimate of drug-likeness (QED) is 0.184. The summed E-state index contributed by atoms with van der Waals surface area (Å²) < 4.78 is 30.7. The third kappa shape index (κ3) is 4.62. The molecule has 0 unspecified atom stereocenters. The van der Waals surface area contributed by atoms with Crippen LogP contribution in [0.5, 0.6) is 0 Å². The molecular weight excluding hydrogens is 920 g/mol. The summed E-state index contributed by atoms with van der Waals surface area (Å²) in [6.45, 7) is 0. The van der Waals surface area contributed by atoms with Gasteiger partial charge in [0.2, 0.25) is 0 Å². The molecule has 0 N–H and O–H groups in total. The minimum atomic E-state index is 0.0288. The number of rotatable bonds is 4. The monoisotopic (exact) mass is 944 g/mol. The van der Waals surface area contributed by atoms with Crippen LogP contribution >= 0.6 is 11.7 Å². The molecule has 6 nitrogen and oxygen atoms in total. The van der Waals surface area contributed by atoms with Crippen molar-refractivity contribution in [2.24, 2.45) is 8.73 Å². The molecular formula is C38H20N6S2Se4. The minimum absolute atomic E-state index is 0.0288. The molecule has 0 fully saturated rings. The second-order valence-electron chi connectivity index (χ2n) is 11.7. The van der Waals surface area contributed by atoms with E-state index >= 15 is 0 Å². The van der Waals surface area contributed by atoms with Gasteiger partial charge >= 0.3 is 323 Å². The van der Waals surface area contributed by atoms with E-state index in [-0.39, 0.29) is 58.9 Å². The Morgan fingerprint density at radius 2 is 0.820 bits per heavy atom. The summed E-state index contributed by atoms with van der Waals surface area (Å²) in [5.74, 6) is 0. The van der Waals surface area contributed by atoms with E-state index < -0.39 is 0 Å². The van der Waals surface area contributed by atoms with Gasteiger partial charge in [0.25, 0.3) is 0 Å². The van der Waals surface area contributed by atoms with Gasteiger partial charge in [-0.25, -0.2) is 0 Å². The van der Waals surface area contributed by atoms with Gasteiger partial charge in [0.05, 0.1) is 0 Å². The molecule has 0 spiro atoms. The normalized spacial score (nSPS) is 13.8.